The third kappa shape index (κ3) is 3.71. The van der Waals surface area contributed by atoms with Crippen molar-refractivity contribution in [2.24, 2.45) is 4.99 Å². The van der Waals surface area contributed by atoms with E-state index in [0.717, 1.165) is 22.2 Å². The third-order valence-corrected chi connectivity index (χ3v) is 4.09. The second-order valence-electron chi connectivity index (χ2n) is 5.72. The highest BCUT2D eigenvalue weighted by atomic mass is 19.1. The van der Waals surface area contributed by atoms with Crippen molar-refractivity contribution < 1.29 is 9.13 Å². The van der Waals surface area contributed by atoms with E-state index >= 15 is 0 Å². The fraction of sp³-hybridized carbons (Fsp3) is 0.150. The summed E-state index contributed by atoms with van der Waals surface area (Å²) in [6, 6.07) is 14.6. The summed E-state index contributed by atoms with van der Waals surface area (Å²) in [6.07, 6.45) is 3.61. The van der Waals surface area contributed by atoms with Crippen molar-refractivity contribution in [3.8, 4) is 16.9 Å². The van der Waals surface area contributed by atoms with Gasteiger partial charge in [0, 0.05) is 31.5 Å². The normalized spacial score (nSPS) is 11.6. The van der Waals surface area contributed by atoms with Gasteiger partial charge in [-0.05, 0) is 35.4 Å². The van der Waals surface area contributed by atoms with Gasteiger partial charge >= 0.3 is 0 Å². The van der Waals surface area contributed by atoms with Gasteiger partial charge < -0.3 is 15.0 Å². The van der Waals surface area contributed by atoms with Crippen LogP contribution in [0.3, 0.4) is 0 Å². The summed E-state index contributed by atoms with van der Waals surface area (Å²) in [5.41, 5.74) is 8.87. The van der Waals surface area contributed by atoms with E-state index < -0.39 is 0 Å². The van der Waals surface area contributed by atoms with Crippen LogP contribution in [0.5, 0.6) is 5.75 Å². The molecule has 0 fully saturated rings. The Hall–Kier alpha value is -3.08. The Balaban J connectivity index is 1.85. The van der Waals surface area contributed by atoms with Crippen LogP contribution in [0.25, 0.3) is 11.1 Å². The SMILES string of the molecule is CN=c1ccn(Cc2ccc(-c3ccc(OC)cc3)cc2F)cc1N. The van der Waals surface area contributed by atoms with Crippen molar-refractivity contribution in [2.45, 2.75) is 6.54 Å². The van der Waals surface area contributed by atoms with Gasteiger partial charge in [0.25, 0.3) is 0 Å². The molecule has 0 aliphatic heterocycles. The molecule has 0 spiro atoms. The second-order valence-corrected chi connectivity index (χ2v) is 5.72. The highest BCUT2D eigenvalue weighted by Gasteiger charge is 2.06. The maximum Gasteiger partial charge on any atom is 0.128 e. The first-order chi connectivity index (χ1) is 12.1. The molecule has 2 aromatic carbocycles. The van der Waals surface area contributed by atoms with E-state index in [1.54, 1.807) is 32.5 Å². The van der Waals surface area contributed by atoms with Crippen molar-refractivity contribution >= 4 is 5.69 Å². The van der Waals surface area contributed by atoms with Crippen LogP contribution in [0.1, 0.15) is 5.56 Å². The van der Waals surface area contributed by atoms with E-state index in [2.05, 4.69) is 4.99 Å². The molecule has 1 aromatic heterocycles. The van der Waals surface area contributed by atoms with Gasteiger partial charge in [-0.25, -0.2) is 4.39 Å². The van der Waals surface area contributed by atoms with Crippen LogP contribution in [0.4, 0.5) is 10.1 Å². The Bertz CT molecular complexity index is 946. The Kier molecular flexibility index (Phi) is 4.84. The fourth-order valence-corrected chi connectivity index (χ4v) is 2.69. The quantitative estimate of drug-likeness (QED) is 0.792. The third-order valence-electron chi connectivity index (χ3n) is 4.09. The number of hydrogen-bond donors (Lipinski definition) is 1. The molecule has 0 radical (unpaired) electrons. The number of anilines is 1. The molecular formula is C20H20FN3O. The number of benzene rings is 2. The van der Waals surface area contributed by atoms with Crippen molar-refractivity contribution in [1.29, 1.82) is 0 Å². The number of pyridine rings is 1. The number of hydrogen-bond acceptors (Lipinski definition) is 3. The number of halogens is 1. The number of nitrogens with two attached hydrogens (primary N) is 1. The Morgan fingerprint density at radius 3 is 2.40 bits per heavy atom. The first-order valence-corrected chi connectivity index (χ1v) is 7.92. The molecule has 0 aliphatic carbocycles. The molecule has 2 N–H and O–H groups in total. The number of nitrogens with zero attached hydrogens (tertiary/aromatic N) is 2. The fourth-order valence-electron chi connectivity index (χ4n) is 2.69. The average Bonchev–Trinajstić information content (AvgIpc) is 2.63. The molecule has 0 saturated carbocycles. The number of nitrogen functional groups attached to an aromatic ring is 1. The van der Waals surface area contributed by atoms with E-state index in [0.29, 0.717) is 17.8 Å². The molecule has 1 heterocycles. The molecule has 25 heavy (non-hydrogen) atoms. The van der Waals surface area contributed by atoms with Crippen LogP contribution >= 0.6 is 0 Å². The van der Waals surface area contributed by atoms with E-state index in [4.69, 9.17) is 10.5 Å². The maximum absolute atomic E-state index is 14.5. The van der Waals surface area contributed by atoms with Crippen molar-refractivity contribution in [3.63, 3.8) is 0 Å². The second kappa shape index (κ2) is 7.21. The zero-order valence-corrected chi connectivity index (χ0v) is 14.2. The largest absolute Gasteiger partial charge is 0.497 e. The predicted molar refractivity (Wildman–Crippen MR) is 97.8 cm³/mol. The molecule has 0 aliphatic rings. The number of methoxy groups -OCH3 is 1. The van der Waals surface area contributed by atoms with Crippen LogP contribution in [0.2, 0.25) is 0 Å². The minimum Gasteiger partial charge on any atom is -0.497 e. The predicted octanol–water partition coefficient (Wildman–Crippen LogP) is 3.46. The summed E-state index contributed by atoms with van der Waals surface area (Å²) in [5.74, 6) is 0.528. The molecule has 0 atom stereocenters. The zero-order chi connectivity index (χ0) is 17.8. The Morgan fingerprint density at radius 1 is 1.08 bits per heavy atom. The molecule has 0 bridgehead atoms. The summed E-state index contributed by atoms with van der Waals surface area (Å²) in [4.78, 5) is 4.07. The number of rotatable bonds is 4. The monoisotopic (exact) mass is 337 g/mol. The lowest BCUT2D eigenvalue weighted by Crippen LogP contribution is -2.13. The van der Waals surface area contributed by atoms with Gasteiger partial charge in [0.15, 0.2) is 0 Å². The van der Waals surface area contributed by atoms with E-state index in [1.807, 2.05) is 47.2 Å². The summed E-state index contributed by atoms with van der Waals surface area (Å²) in [7, 11) is 3.31. The van der Waals surface area contributed by atoms with E-state index in [1.165, 1.54) is 0 Å². The molecule has 128 valence electrons. The molecule has 0 unspecified atom stereocenters. The van der Waals surface area contributed by atoms with Crippen LogP contribution in [0.15, 0.2) is 65.9 Å². The highest BCUT2D eigenvalue weighted by Crippen LogP contribution is 2.24. The minimum atomic E-state index is -0.247. The Labute approximate surface area is 146 Å². The van der Waals surface area contributed by atoms with E-state index in [9.17, 15) is 4.39 Å². The van der Waals surface area contributed by atoms with Crippen LogP contribution in [-0.4, -0.2) is 18.7 Å². The van der Waals surface area contributed by atoms with Crippen molar-refractivity contribution in [3.05, 3.63) is 77.7 Å². The zero-order valence-electron chi connectivity index (χ0n) is 14.2. The summed E-state index contributed by atoms with van der Waals surface area (Å²) in [6.45, 7) is 0.406. The highest BCUT2D eigenvalue weighted by molar-refractivity contribution is 5.64. The average molecular weight is 337 g/mol. The van der Waals surface area contributed by atoms with E-state index in [-0.39, 0.29) is 5.82 Å². The molecule has 0 saturated heterocycles. The molecule has 3 rings (SSSR count). The molecule has 5 heteroatoms. The topological polar surface area (TPSA) is 52.5 Å². The van der Waals surface area contributed by atoms with Gasteiger partial charge in [0.05, 0.1) is 18.2 Å². The molecule has 4 nitrogen and oxygen atoms in total. The minimum absolute atomic E-state index is 0.247. The van der Waals surface area contributed by atoms with Gasteiger partial charge in [-0.3, -0.25) is 4.99 Å². The van der Waals surface area contributed by atoms with Gasteiger partial charge in [0.1, 0.15) is 11.6 Å². The maximum atomic E-state index is 14.5. The lowest BCUT2D eigenvalue weighted by Gasteiger charge is -2.10. The van der Waals surface area contributed by atoms with Gasteiger partial charge in [-0.2, -0.15) is 0 Å². The van der Waals surface area contributed by atoms with Crippen molar-refractivity contribution in [2.75, 3.05) is 19.9 Å². The van der Waals surface area contributed by atoms with Crippen molar-refractivity contribution in [1.82, 2.24) is 4.57 Å². The summed E-state index contributed by atoms with van der Waals surface area (Å²) >= 11 is 0. The van der Waals surface area contributed by atoms with Crippen LogP contribution < -0.4 is 15.8 Å². The Morgan fingerprint density at radius 2 is 1.80 bits per heavy atom. The van der Waals surface area contributed by atoms with Gasteiger partial charge in [-0.1, -0.05) is 24.3 Å². The summed E-state index contributed by atoms with van der Waals surface area (Å²) < 4.78 is 21.5. The van der Waals surface area contributed by atoms with Crippen LogP contribution in [0, 0.1) is 5.82 Å². The van der Waals surface area contributed by atoms with Gasteiger partial charge in [-0.15, -0.1) is 0 Å². The smallest absolute Gasteiger partial charge is 0.128 e. The number of ether oxygens (including phenoxy) is 1. The first-order valence-electron chi connectivity index (χ1n) is 7.92. The lowest BCUT2D eigenvalue weighted by molar-refractivity contribution is 0.415. The van der Waals surface area contributed by atoms with Crippen LogP contribution in [-0.2, 0) is 6.54 Å². The molecular weight excluding hydrogens is 317 g/mol. The lowest BCUT2D eigenvalue weighted by atomic mass is 10.0. The summed E-state index contributed by atoms with van der Waals surface area (Å²) in [5, 5.41) is 0.728. The molecule has 0 amide bonds. The molecule has 3 aromatic rings. The standard InChI is InChI=1S/C20H20FN3O/c1-23-20-9-10-24(13-19(20)22)12-16-4-3-15(11-18(16)21)14-5-7-17(25-2)8-6-14/h3-11,13H,12,22H2,1-2H3. The number of aromatic nitrogens is 1. The van der Waals surface area contributed by atoms with Gasteiger partial charge in [0.2, 0.25) is 0 Å². The first kappa shape index (κ1) is 16.8.